The van der Waals surface area contributed by atoms with Crippen LogP contribution < -0.4 is 10.6 Å². The Labute approximate surface area is 223 Å². The first kappa shape index (κ1) is 25.4. The Morgan fingerprint density at radius 2 is 1.46 bits per heavy atom. The highest BCUT2D eigenvalue weighted by Gasteiger charge is 2.66. The number of methoxy groups -OCH3 is 1. The molecule has 0 unspecified atom stereocenters. The van der Waals surface area contributed by atoms with Crippen molar-refractivity contribution >= 4 is 23.7 Å². The Balaban J connectivity index is 1.47. The number of fused-ring (bicyclic) bond motifs is 5. The van der Waals surface area contributed by atoms with Crippen LogP contribution in [-0.4, -0.2) is 18.7 Å². The van der Waals surface area contributed by atoms with Crippen LogP contribution in [-0.2, 0) is 14.1 Å². The number of rotatable bonds is 4. The van der Waals surface area contributed by atoms with E-state index < -0.39 is 7.14 Å². The van der Waals surface area contributed by atoms with Gasteiger partial charge in [-0.25, -0.2) is 0 Å². The van der Waals surface area contributed by atoms with Crippen LogP contribution in [0.3, 0.4) is 0 Å². The summed E-state index contributed by atoms with van der Waals surface area (Å²) < 4.78 is 21.1. The van der Waals surface area contributed by atoms with Gasteiger partial charge in [0.15, 0.2) is 0 Å². The zero-order valence-electron chi connectivity index (χ0n) is 22.8. The second-order valence-electron chi connectivity index (χ2n) is 13.1. The molecule has 4 fully saturated rings. The minimum atomic E-state index is -3.10. The first-order valence-corrected chi connectivity index (χ1v) is 16.4. The molecule has 8 atom stereocenters. The molecule has 4 heteroatoms. The smallest absolute Gasteiger partial charge is 0.310 e. The van der Waals surface area contributed by atoms with Crippen LogP contribution in [0.1, 0.15) is 71.6 Å². The molecule has 0 aliphatic heterocycles. The zero-order chi connectivity index (χ0) is 25.8. The summed E-state index contributed by atoms with van der Waals surface area (Å²) in [6.07, 6.45) is 11.2. The summed E-state index contributed by atoms with van der Waals surface area (Å²) in [5.74, 6) is 2.13. The predicted octanol–water partition coefficient (Wildman–Crippen LogP) is 7.20. The monoisotopic (exact) mass is 518 g/mol. The van der Waals surface area contributed by atoms with E-state index in [0.717, 1.165) is 35.3 Å². The molecular weight excluding hydrogens is 475 g/mol. The Hall–Kier alpha value is -1.86. The number of carbonyl (C=O) groups is 1. The Kier molecular flexibility index (Phi) is 6.46. The molecule has 0 aromatic heterocycles. The van der Waals surface area contributed by atoms with Crippen LogP contribution in [0, 0.1) is 40.4 Å². The maximum Gasteiger partial charge on any atom is 0.310 e. The van der Waals surface area contributed by atoms with E-state index in [1.54, 1.807) is 0 Å². The van der Waals surface area contributed by atoms with Gasteiger partial charge in [0.1, 0.15) is 7.14 Å². The van der Waals surface area contributed by atoms with Crippen LogP contribution in [0.25, 0.3) is 0 Å². The van der Waals surface area contributed by atoms with Crippen LogP contribution >= 0.6 is 7.14 Å². The normalized spacial score (nSPS) is 39.2. The maximum atomic E-state index is 15.6. The largest absolute Gasteiger partial charge is 0.469 e. The molecule has 2 aromatic rings. The van der Waals surface area contributed by atoms with Gasteiger partial charge in [0.25, 0.3) is 0 Å². The Bertz CT molecular complexity index is 1140. The number of hydrogen-bond donors (Lipinski definition) is 0. The molecule has 0 N–H and O–H groups in total. The minimum absolute atomic E-state index is 0.155. The molecule has 0 bridgehead atoms. The zero-order valence-corrected chi connectivity index (χ0v) is 23.7. The lowest BCUT2D eigenvalue weighted by molar-refractivity contribution is -0.155. The van der Waals surface area contributed by atoms with Crippen molar-refractivity contribution in [1.29, 1.82) is 0 Å². The summed E-state index contributed by atoms with van der Waals surface area (Å²) in [6, 6.07) is 20.0. The van der Waals surface area contributed by atoms with Gasteiger partial charge in [-0.3, -0.25) is 4.79 Å². The van der Waals surface area contributed by atoms with Crippen molar-refractivity contribution in [3.8, 4) is 0 Å². The van der Waals surface area contributed by atoms with E-state index in [2.05, 4.69) is 13.8 Å². The van der Waals surface area contributed by atoms with E-state index in [1.165, 1.54) is 52.1 Å². The van der Waals surface area contributed by atoms with Crippen molar-refractivity contribution in [1.82, 2.24) is 0 Å². The quantitative estimate of drug-likeness (QED) is 0.318. The van der Waals surface area contributed by atoms with Gasteiger partial charge in [-0.05, 0) is 79.4 Å². The molecule has 6 rings (SSSR count). The van der Waals surface area contributed by atoms with E-state index in [1.807, 2.05) is 60.7 Å². The van der Waals surface area contributed by atoms with E-state index >= 15 is 4.57 Å². The average molecular weight is 519 g/mol. The summed E-state index contributed by atoms with van der Waals surface area (Å²) in [5, 5.41) is 1.75. The summed E-state index contributed by atoms with van der Waals surface area (Å²) in [5.41, 5.74) is 0.0373. The lowest BCUT2D eigenvalue weighted by atomic mass is 9.45. The minimum Gasteiger partial charge on any atom is -0.469 e. The molecule has 0 saturated heterocycles. The average Bonchev–Trinajstić information content (AvgIpc) is 3.26. The fourth-order valence-corrected chi connectivity index (χ4v) is 13.8. The SMILES string of the molecule is COC(=O)[C@H]1[C@H](P(=O)(c2ccccc2)c2ccccc2)C[C@H]2[C@@H]3CC[C@H]4CCCC[C@]4(C)[C@H]3CC[C@@]21C. The van der Waals surface area contributed by atoms with Crippen molar-refractivity contribution < 1.29 is 14.1 Å². The fraction of sp³-hybridized carbons (Fsp3) is 0.606. The fourth-order valence-electron chi connectivity index (χ4n) is 10.1. The van der Waals surface area contributed by atoms with Gasteiger partial charge in [-0.15, -0.1) is 0 Å². The van der Waals surface area contributed by atoms with Crippen LogP contribution in [0.2, 0.25) is 0 Å². The second-order valence-corrected chi connectivity index (χ2v) is 16.1. The van der Waals surface area contributed by atoms with Gasteiger partial charge in [0.05, 0.1) is 13.0 Å². The molecule has 0 amide bonds. The third-order valence-corrected chi connectivity index (χ3v) is 15.4. The lowest BCUT2D eigenvalue weighted by Crippen LogP contribution is -2.53. The lowest BCUT2D eigenvalue weighted by Gasteiger charge is -2.60. The molecule has 0 heterocycles. The maximum absolute atomic E-state index is 15.6. The summed E-state index contributed by atoms with van der Waals surface area (Å²) in [6.45, 7) is 4.95. The van der Waals surface area contributed by atoms with Gasteiger partial charge in [0, 0.05) is 16.3 Å². The van der Waals surface area contributed by atoms with E-state index in [0.29, 0.717) is 17.3 Å². The summed E-state index contributed by atoms with van der Waals surface area (Å²) >= 11 is 0. The Morgan fingerprint density at radius 3 is 2.08 bits per heavy atom. The van der Waals surface area contributed by atoms with Gasteiger partial charge >= 0.3 is 5.97 Å². The molecule has 37 heavy (non-hydrogen) atoms. The van der Waals surface area contributed by atoms with Gasteiger partial charge in [-0.1, -0.05) is 87.4 Å². The van der Waals surface area contributed by atoms with Crippen LogP contribution in [0.5, 0.6) is 0 Å². The molecule has 3 nitrogen and oxygen atoms in total. The van der Waals surface area contributed by atoms with Crippen LogP contribution in [0.15, 0.2) is 60.7 Å². The van der Waals surface area contributed by atoms with Crippen molar-refractivity contribution in [2.24, 2.45) is 40.4 Å². The third kappa shape index (κ3) is 3.74. The van der Waals surface area contributed by atoms with E-state index in [9.17, 15) is 4.79 Å². The third-order valence-electron chi connectivity index (χ3n) is 11.8. The van der Waals surface area contributed by atoms with Gasteiger partial charge < -0.3 is 9.30 Å². The van der Waals surface area contributed by atoms with Crippen LogP contribution in [0.4, 0.5) is 0 Å². The molecule has 4 aliphatic carbocycles. The summed E-state index contributed by atoms with van der Waals surface area (Å²) in [7, 11) is -1.58. The van der Waals surface area contributed by atoms with E-state index in [4.69, 9.17) is 4.74 Å². The first-order chi connectivity index (χ1) is 17.8. The van der Waals surface area contributed by atoms with Crippen molar-refractivity contribution in [2.45, 2.75) is 77.3 Å². The molecule has 0 radical (unpaired) electrons. The van der Waals surface area contributed by atoms with Crippen molar-refractivity contribution in [3.05, 3.63) is 60.7 Å². The summed E-state index contributed by atoms with van der Waals surface area (Å²) in [4.78, 5) is 13.7. The van der Waals surface area contributed by atoms with Gasteiger partial charge in [-0.2, -0.15) is 0 Å². The number of hydrogen-bond acceptors (Lipinski definition) is 3. The van der Waals surface area contributed by atoms with Crippen molar-refractivity contribution in [2.75, 3.05) is 7.11 Å². The predicted molar refractivity (Wildman–Crippen MR) is 151 cm³/mol. The second kappa shape index (κ2) is 9.41. The number of carbonyl (C=O) groups excluding carboxylic acids is 1. The molecular formula is C33H43O3P. The van der Waals surface area contributed by atoms with E-state index in [-0.39, 0.29) is 23.0 Å². The Morgan fingerprint density at radius 1 is 0.811 bits per heavy atom. The standard InChI is InChI=1S/C33H43O3P/c1-32-20-11-10-12-23(32)17-18-26-27(32)19-21-33(2)28(26)22-29(30(33)31(34)36-3)37(35,24-13-6-4-7-14-24)25-15-8-5-9-16-25/h4-9,13-16,23,26-30H,10-12,17-22H2,1-3H3/t23-,26-,27+,28+,29-,30-,32+,33+/m1/s1. The number of benzene rings is 2. The highest BCUT2D eigenvalue weighted by molar-refractivity contribution is 7.79. The highest BCUT2D eigenvalue weighted by Crippen LogP contribution is 2.72. The molecule has 4 saturated carbocycles. The molecule has 2 aromatic carbocycles. The number of esters is 1. The molecule has 198 valence electrons. The van der Waals surface area contributed by atoms with Gasteiger partial charge in [0.2, 0.25) is 0 Å². The topological polar surface area (TPSA) is 43.4 Å². The highest BCUT2D eigenvalue weighted by atomic mass is 31.2. The van der Waals surface area contributed by atoms with Crippen molar-refractivity contribution in [3.63, 3.8) is 0 Å². The molecule has 0 spiro atoms. The molecule has 4 aliphatic rings. The first-order valence-electron chi connectivity index (χ1n) is 14.6. The number of ether oxygens (including phenoxy) is 1.